The summed E-state index contributed by atoms with van der Waals surface area (Å²) >= 11 is 17.4. The first-order chi connectivity index (χ1) is 10.4. The number of benzene rings is 1. The zero-order valence-corrected chi connectivity index (χ0v) is 13.8. The standard InChI is InChI=1S/C14H11Cl2N3O2S/c1-19-12-10(13(21)18-14(19)22)7(5-9(20)17-12)6-3-2-4-8(15)11(6)16/h2-4,7H,5H2,1H3,(H,17,20)(H,18,21,22). The highest BCUT2D eigenvalue weighted by Gasteiger charge is 2.32. The van der Waals surface area contributed by atoms with E-state index < -0.39 is 5.92 Å². The molecule has 2 heterocycles. The van der Waals surface area contributed by atoms with Crippen molar-refractivity contribution in [2.24, 2.45) is 7.05 Å². The van der Waals surface area contributed by atoms with Gasteiger partial charge in [-0.05, 0) is 23.8 Å². The third-order valence-corrected chi connectivity index (χ3v) is 4.92. The van der Waals surface area contributed by atoms with Gasteiger partial charge >= 0.3 is 0 Å². The number of aromatic nitrogens is 2. The number of halogens is 2. The molecule has 114 valence electrons. The Morgan fingerprint density at radius 1 is 1.32 bits per heavy atom. The minimum Gasteiger partial charge on any atom is -0.312 e. The van der Waals surface area contributed by atoms with Gasteiger partial charge in [0.2, 0.25) is 5.91 Å². The van der Waals surface area contributed by atoms with Gasteiger partial charge in [-0.25, -0.2) is 0 Å². The van der Waals surface area contributed by atoms with Crippen molar-refractivity contribution < 1.29 is 4.79 Å². The molecule has 0 bridgehead atoms. The van der Waals surface area contributed by atoms with E-state index in [1.54, 1.807) is 29.8 Å². The van der Waals surface area contributed by atoms with Crippen LogP contribution in [0.3, 0.4) is 0 Å². The molecule has 0 saturated carbocycles. The van der Waals surface area contributed by atoms with E-state index >= 15 is 0 Å². The molecule has 2 N–H and O–H groups in total. The molecule has 3 rings (SSSR count). The quantitative estimate of drug-likeness (QED) is 0.771. The van der Waals surface area contributed by atoms with Gasteiger partial charge < -0.3 is 9.88 Å². The van der Waals surface area contributed by atoms with Gasteiger partial charge in [0.25, 0.3) is 5.56 Å². The Balaban J connectivity index is 2.32. The van der Waals surface area contributed by atoms with Crippen molar-refractivity contribution in [1.82, 2.24) is 9.55 Å². The van der Waals surface area contributed by atoms with Crippen molar-refractivity contribution in [3.63, 3.8) is 0 Å². The number of amides is 1. The average Bonchev–Trinajstić information content (AvgIpc) is 2.46. The summed E-state index contributed by atoms with van der Waals surface area (Å²) in [7, 11) is 1.68. The SMILES string of the molecule is Cn1c2c(c(=O)[nH]c1=S)C(c1cccc(Cl)c1Cl)CC(=O)N2. The van der Waals surface area contributed by atoms with Gasteiger partial charge in [0.1, 0.15) is 5.82 Å². The molecule has 22 heavy (non-hydrogen) atoms. The van der Waals surface area contributed by atoms with Gasteiger partial charge in [0, 0.05) is 19.4 Å². The lowest BCUT2D eigenvalue weighted by atomic mass is 9.86. The third kappa shape index (κ3) is 2.37. The number of H-pyrrole nitrogens is 1. The Morgan fingerprint density at radius 3 is 2.77 bits per heavy atom. The minimum atomic E-state index is -0.472. The van der Waals surface area contributed by atoms with E-state index in [1.807, 2.05) is 0 Å². The van der Waals surface area contributed by atoms with Gasteiger partial charge in [-0.1, -0.05) is 35.3 Å². The number of carbonyl (C=O) groups is 1. The number of anilines is 1. The summed E-state index contributed by atoms with van der Waals surface area (Å²) in [6.45, 7) is 0. The highest BCUT2D eigenvalue weighted by molar-refractivity contribution is 7.71. The smallest absolute Gasteiger partial charge is 0.257 e. The first-order valence-corrected chi connectivity index (χ1v) is 7.63. The van der Waals surface area contributed by atoms with Crippen LogP contribution in [-0.2, 0) is 11.8 Å². The summed E-state index contributed by atoms with van der Waals surface area (Å²) in [4.78, 5) is 27.0. The highest BCUT2D eigenvalue weighted by Crippen LogP contribution is 2.39. The molecule has 0 spiro atoms. The largest absolute Gasteiger partial charge is 0.312 e. The zero-order chi connectivity index (χ0) is 16.0. The summed E-state index contributed by atoms with van der Waals surface area (Å²) in [6.07, 6.45) is 0.118. The predicted octanol–water partition coefficient (Wildman–Crippen LogP) is 3.22. The molecule has 1 amide bonds. The van der Waals surface area contributed by atoms with Crippen molar-refractivity contribution in [3.8, 4) is 0 Å². The van der Waals surface area contributed by atoms with Crippen molar-refractivity contribution >= 4 is 47.1 Å². The van der Waals surface area contributed by atoms with Gasteiger partial charge in [0.05, 0.1) is 15.6 Å². The van der Waals surface area contributed by atoms with Crippen LogP contribution < -0.4 is 10.9 Å². The molecule has 0 radical (unpaired) electrons. The number of fused-ring (bicyclic) bond motifs is 1. The molecular weight excluding hydrogens is 345 g/mol. The molecule has 0 saturated heterocycles. The molecule has 1 aromatic carbocycles. The fourth-order valence-electron chi connectivity index (χ4n) is 2.64. The summed E-state index contributed by atoms with van der Waals surface area (Å²) in [5.41, 5.74) is 0.742. The lowest BCUT2D eigenvalue weighted by molar-refractivity contribution is -0.116. The van der Waals surface area contributed by atoms with E-state index in [4.69, 9.17) is 35.4 Å². The van der Waals surface area contributed by atoms with Crippen molar-refractivity contribution in [2.75, 3.05) is 5.32 Å². The number of hydrogen-bond acceptors (Lipinski definition) is 3. The Bertz CT molecular complexity index is 904. The van der Waals surface area contributed by atoms with E-state index in [2.05, 4.69) is 10.3 Å². The fourth-order valence-corrected chi connectivity index (χ4v) is 3.26. The van der Waals surface area contributed by atoms with Crippen molar-refractivity contribution in [1.29, 1.82) is 0 Å². The van der Waals surface area contributed by atoms with Gasteiger partial charge in [-0.15, -0.1) is 0 Å². The van der Waals surface area contributed by atoms with Gasteiger partial charge in [-0.2, -0.15) is 0 Å². The molecule has 1 aliphatic heterocycles. The molecule has 5 nitrogen and oxygen atoms in total. The monoisotopic (exact) mass is 355 g/mol. The second kappa shape index (κ2) is 5.53. The third-order valence-electron chi connectivity index (χ3n) is 3.71. The maximum absolute atomic E-state index is 12.4. The van der Waals surface area contributed by atoms with E-state index in [1.165, 1.54) is 0 Å². The fraction of sp³-hybridized carbons (Fsp3) is 0.214. The van der Waals surface area contributed by atoms with Crippen LogP contribution in [0.5, 0.6) is 0 Å². The molecule has 8 heteroatoms. The summed E-state index contributed by atoms with van der Waals surface area (Å²) in [6, 6.07) is 5.17. The number of rotatable bonds is 1. The first-order valence-electron chi connectivity index (χ1n) is 6.47. The van der Waals surface area contributed by atoms with Crippen LogP contribution in [0.2, 0.25) is 10.0 Å². The number of hydrogen-bond donors (Lipinski definition) is 2. The van der Waals surface area contributed by atoms with Crippen molar-refractivity contribution in [3.05, 3.63) is 54.5 Å². The lowest BCUT2D eigenvalue weighted by Crippen LogP contribution is -2.33. The van der Waals surface area contributed by atoms with E-state index in [9.17, 15) is 9.59 Å². The average molecular weight is 356 g/mol. The summed E-state index contributed by atoms with van der Waals surface area (Å²) in [5, 5.41) is 3.43. The van der Waals surface area contributed by atoms with Gasteiger partial charge in [-0.3, -0.25) is 14.6 Å². The molecular formula is C14H11Cl2N3O2S. The molecule has 1 unspecified atom stereocenters. The second-order valence-electron chi connectivity index (χ2n) is 5.03. The van der Waals surface area contributed by atoms with Gasteiger partial charge in [0.15, 0.2) is 4.77 Å². The van der Waals surface area contributed by atoms with E-state index in [0.717, 1.165) is 0 Å². The molecule has 1 atom stereocenters. The molecule has 2 aromatic rings. The van der Waals surface area contributed by atoms with Crippen molar-refractivity contribution in [2.45, 2.75) is 12.3 Å². The maximum atomic E-state index is 12.4. The second-order valence-corrected chi connectivity index (χ2v) is 6.20. The van der Waals surface area contributed by atoms with Crippen LogP contribution in [0.4, 0.5) is 5.82 Å². The predicted molar refractivity (Wildman–Crippen MR) is 88.4 cm³/mol. The summed E-state index contributed by atoms with van der Waals surface area (Å²) in [5.74, 6) is -0.282. The maximum Gasteiger partial charge on any atom is 0.257 e. The molecule has 1 aromatic heterocycles. The normalized spacial score (nSPS) is 17.0. The zero-order valence-electron chi connectivity index (χ0n) is 11.4. The molecule has 0 fully saturated rings. The highest BCUT2D eigenvalue weighted by atomic mass is 35.5. The number of aromatic amines is 1. The van der Waals surface area contributed by atoms with Crippen LogP contribution in [0.1, 0.15) is 23.5 Å². The Kier molecular flexibility index (Phi) is 3.84. The first kappa shape index (κ1) is 15.3. The lowest BCUT2D eigenvalue weighted by Gasteiger charge is -2.27. The topological polar surface area (TPSA) is 66.9 Å². The van der Waals surface area contributed by atoms with Crippen LogP contribution in [-0.4, -0.2) is 15.5 Å². The van der Waals surface area contributed by atoms with Crippen LogP contribution in [0.15, 0.2) is 23.0 Å². The van der Waals surface area contributed by atoms with Crippen LogP contribution in [0, 0.1) is 4.77 Å². The number of nitrogens with zero attached hydrogens (tertiary/aromatic N) is 1. The number of nitrogens with one attached hydrogen (secondary N) is 2. The minimum absolute atomic E-state index is 0.118. The Hall–Kier alpha value is -1.63. The Labute approximate surface area is 140 Å². The summed E-state index contributed by atoms with van der Waals surface area (Å²) < 4.78 is 1.80. The van der Waals surface area contributed by atoms with Crippen LogP contribution >= 0.6 is 35.4 Å². The number of carbonyl (C=O) groups excluding carboxylic acids is 1. The van der Waals surface area contributed by atoms with E-state index in [-0.39, 0.29) is 22.7 Å². The molecule has 0 aliphatic carbocycles. The van der Waals surface area contributed by atoms with E-state index in [0.29, 0.717) is 27.0 Å². The van der Waals surface area contributed by atoms with Crippen LogP contribution in [0.25, 0.3) is 0 Å². The Morgan fingerprint density at radius 2 is 2.05 bits per heavy atom. The molecule has 1 aliphatic rings.